The lowest BCUT2D eigenvalue weighted by atomic mass is 10.1. The average molecular weight is 266 g/mol. The molecular formula is C13H18N2O2S. The summed E-state index contributed by atoms with van der Waals surface area (Å²) >= 11 is 1.97. The molecule has 98 valence electrons. The molecule has 2 atom stereocenters. The monoisotopic (exact) mass is 266 g/mol. The van der Waals surface area contributed by atoms with Crippen LogP contribution in [0.25, 0.3) is 0 Å². The summed E-state index contributed by atoms with van der Waals surface area (Å²) in [6.07, 6.45) is 0. The van der Waals surface area contributed by atoms with E-state index in [4.69, 9.17) is 5.11 Å². The van der Waals surface area contributed by atoms with Crippen LogP contribution in [0, 0.1) is 6.92 Å². The van der Waals surface area contributed by atoms with Gasteiger partial charge in [0, 0.05) is 23.6 Å². The van der Waals surface area contributed by atoms with Gasteiger partial charge in [0.15, 0.2) is 0 Å². The molecule has 1 N–H and O–H groups in total. The van der Waals surface area contributed by atoms with Crippen molar-refractivity contribution in [2.24, 2.45) is 0 Å². The quantitative estimate of drug-likeness (QED) is 0.891. The van der Waals surface area contributed by atoms with E-state index in [9.17, 15) is 4.79 Å². The van der Waals surface area contributed by atoms with Gasteiger partial charge in [-0.2, -0.15) is 11.8 Å². The van der Waals surface area contributed by atoms with E-state index in [0.717, 1.165) is 18.1 Å². The van der Waals surface area contributed by atoms with Crippen LogP contribution in [0.5, 0.6) is 0 Å². The molecule has 1 aliphatic rings. The molecule has 5 heteroatoms. The zero-order valence-corrected chi connectivity index (χ0v) is 11.7. The summed E-state index contributed by atoms with van der Waals surface area (Å²) in [4.78, 5) is 17.7. The zero-order chi connectivity index (χ0) is 13.3. The van der Waals surface area contributed by atoms with E-state index in [0.29, 0.717) is 17.0 Å². The van der Waals surface area contributed by atoms with E-state index >= 15 is 0 Å². The summed E-state index contributed by atoms with van der Waals surface area (Å²) in [5.74, 6) is 1.06. The zero-order valence-electron chi connectivity index (χ0n) is 10.9. The van der Waals surface area contributed by atoms with Crippen LogP contribution in [0.4, 0.5) is 5.82 Å². The molecule has 2 rings (SSSR count). The van der Waals surface area contributed by atoms with Crippen LogP contribution in [0.2, 0.25) is 0 Å². The fraction of sp³-hybridized carbons (Fsp3) is 0.538. The van der Waals surface area contributed by atoms with Crippen LogP contribution in [0.1, 0.15) is 29.9 Å². The van der Waals surface area contributed by atoms with Gasteiger partial charge >= 0.3 is 5.97 Å². The molecule has 1 fully saturated rings. The van der Waals surface area contributed by atoms with Crippen molar-refractivity contribution in [2.75, 3.05) is 17.2 Å². The first-order valence-corrected chi connectivity index (χ1v) is 7.14. The molecule has 0 aliphatic carbocycles. The summed E-state index contributed by atoms with van der Waals surface area (Å²) < 4.78 is 0. The Balaban J connectivity index is 2.28. The van der Waals surface area contributed by atoms with Crippen LogP contribution in [0.3, 0.4) is 0 Å². The first kappa shape index (κ1) is 13.2. The molecule has 0 bridgehead atoms. The van der Waals surface area contributed by atoms with Crippen molar-refractivity contribution in [3.63, 3.8) is 0 Å². The molecule has 1 saturated heterocycles. The van der Waals surface area contributed by atoms with Gasteiger partial charge < -0.3 is 10.0 Å². The predicted molar refractivity (Wildman–Crippen MR) is 74.7 cm³/mol. The molecule has 0 amide bonds. The fourth-order valence-corrected chi connectivity index (χ4v) is 3.29. The van der Waals surface area contributed by atoms with Crippen LogP contribution in [-0.2, 0) is 0 Å². The second-order valence-corrected chi connectivity index (χ2v) is 6.10. The topological polar surface area (TPSA) is 53.4 Å². The number of rotatable bonds is 2. The molecule has 1 aromatic heterocycles. The minimum Gasteiger partial charge on any atom is -0.478 e. The van der Waals surface area contributed by atoms with E-state index in [1.165, 1.54) is 0 Å². The van der Waals surface area contributed by atoms with Crippen molar-refractivity contribution in [1.29, 1.82) is 0 Å². The molecule has 4 nitrogen and oxygen atoms in total. The van der Waals surface area contributed by atoms with Gasteiger partial charge in [0.2, 0.25) is 0 Å². The van der Waals surface area contributed by atoms with Crippen LogP contribution >= 0.6 is 11.8 Å². The normalized spacial score (nSPS) is 24.1. The first-order chi connectivity index (χ1) is 8.50. The van der Waals surface area contributed by atoms with Gasteiger partial charge in [0.05, 0.1) is 11.3 Å². The molecular weight excluding hydrogens is 248 g/mol. The van der Waals surface area contributed by atoms with Gasteiger partial charge in [-0.15, -0.1) is 0 Å². The second-order valence-electron chi connectivity index (χ2n) is 4.62. The Morgan fingerprint density at radius 1 is 1.50 bits per heavy atom. The molecule has 0 saturated carbocycles. The smallest absolute Gasteiger partial charge is 0.337 e. The molecule has 18 heavy (non-hydrogen) atoms. The third kappa shape index (κ3) is 2.46. The molecule has 1 aliphatic heterocycles. The Morgan fingerprint density at radius 2 is 2.22 bits per heavy atom. The third-order valence-corrected chi connectivity index (χ3v) is 4.82. The number of carboxylic acid groups (broad SMARTS) is 1. The van der Waals surface area contributed by atoms with E-state index < -0.39 is 5.97 Å². The van der Waals surface area contributed by atoms with Crippen molar-refractivity contribution in [3.8, 4) is 0 Å². The van der Waals surface area contributed by atoms with Crippen molar-refractivity contribution >= 4 is 23.5 Å². The van der Waals surface area contributed by atoms with Crippen LogP contribution in [-0.4, -0.2) is 39.6 Å². The predicted octanol–water partition coefficient (Wildman–Crippen LogP) is 2.42. The highest BCUT2D eigenvalue weighted by Crippen LogP contribution is 2.28. The number of hydrogen-bond acceptors (Lipinski definition) is 4. The highest BCUT2D eigenvalue weighted by atomic mass is 32.2. The maximum Gasteiger partial charge on any atom is 0.337 e. The summed E-state index contributed by atoms with van der Waals surface area (Å²) in [6, 6.07) is 3.89. The Labute approximate surface area is 111 Å². The number of aryl methyl sites for hydroxylation is 1. The minimum atomic E-state index is -0.915. The van der Waals surface area contributed by atoms with Crippen LogP contribution in [0.15, 0.2) is 12.1 Å². The molecule has 0 spiro atoms. The number of carboxylic acids is 1. The van der Waals surface area contributed by atoms with E-state index in [2.05, 4.69) is 23.7 Å². The Hall–Kier alpha value is -1.23. The second kappa shape index (κ2) is 5.18. The van der Waals surface area contributed by atoms with Crippen molar-refractivity contribution in [2.45, 2.75) is 32.1 Å². The number of hydrogen-bond donors (Lipinski definition) is 1. The summed E-state index contributed by atoms with van der Waals surface area (Å²) in [7, 11) is 0. The minimum absolute atomic E-state index is 0.283. The number of anilines is 1. The molecule has 2 unspecified atom stereocenters. The lowest BCUT2D eigenvalue weighted by molar-refractivity contribution is 0.0695. The Bertz CT molecular complexity index is 464. The van der Waals surface area contributed by atoms with Gasteiger partial charge in [-0.25, -0.2) is 9.78 Å². The summed E-state index contributed by atoms with van der Waals surface area (Å²) in [5.41, 5.74) is 0.865. The number of aromatic nitrogens is 1. The Kier molecular flexibility index (Phi) is 3.80. The van der Waals surface area contributed by atoms with Gasteiger partial charge in [-0.3, -0.25) is 0 Å². The lowest BCUT2D eigenvalue weighted by Crippen LogP contribution is -2.45. The highest BCUT2D eigenvalue weighted by Gasteiger charge is 2.26. The highest BCUT2D eigenvalue weighted by molar-refractivity contribution is 8.00. The standard InChI is InChI=1S/C13H18N2O2S/c1-8-11(13(16)17)4-5-12(14-8)15-6-7-18-10(3)9(15)2/h4-5,9-10H,6-7H2,1-3H3,(H,16,17). The number of carbonyl (C=O) groups is 1. The first-order valence-electron chi connectivity index (χ1n) is 6.10. The maximum absolute atomic E-state index is 11.0. The number of pyridine rings is 1. The van der Waals surface area contributed by atoms with Gasteiger partial charge in [0.25, 0.3) is 0 Å². The number of aromatic carboxylic acids is 1. The fourth-order valence-electron chi connectivity index (χ4n) is 2.19. The summed E-state index contributed by atoms with van der Waals surface area (Å²) in [5, 5.41) is 9.57. The van der Waals surface area contributed by atoms with Crippen molar-refractivity contribution in [1.82, 2.24) is 4.98 Å². The van der Waals surface area contributed by atoms with Crippen LogP contribution < -0.4 is 4.90 Å². The van der Waals surface area contributed by atoms with Gasteiger partial charge in [-0.1, -0.05) is 6.92 Å². The van der Waals surface area contributed by atoms with E-state index in [1.54, 1.807) is 13.0 Å². The number of thioether (sulfide) groups is 1. The molecule has 1 aromatic rings. The summed E-state index contributed by atoms with van der Waals surface area (Å²) in [6.45, 7) is 7.13. The SMILES string of the molecule is Cc1nc(N2CCSC(C)C2C)ccc1C(=O)O. The van der Waals surface area contributed by atoms with E-state index in [-0.39, 0.29) is 5.56 Å². The average Bonchev–Trinajstić information content (AvgIpc) is 2.32. The molecule has 0 radical (unpaired) electrons. The maximum atomic E-state index is 11.0. The lowest BCUT2D eigenvalue weighted by Gasteiger charge is -2.38. The third-order valence-electron chi connectivity index (χ3n) is 3.48. The van der Waals surface area contributed by atoms with Gasteiger partial charge in [0.1, 0.15) is 5.82 Å². The molecule has 0 aromatic carbocycles. The van der Waals surface area contributed by atoms with Gasteiger partial charge in [-0.05, 0) is 26.0 Å². The Morgan fingerprint density at radius 3 is 2.83 bits per heavy atom. The molecule has 2 heterocycles. The largest absolute Gasteiger partial charge is 0.478 e. The van der Waals surface area contributed by atoms with Crippen molar-refractivity contribution < 1.29 is 9.90 Å². The van der Waals surface area contributed by atoms with E-state index in [1.807, 2.05) is 17.8 Å². The number of nitrogens with zero attached hydrogens (tertiary/aromatic N) is 2. The van der Waals surface area contributed by atoms with Crippen molar-refractivity contribution in [3.05, 3.63) is 23.4 Å².